The van der Waals surface area contributed by atoms with Crippen LogP contribution in [0, 0.1) is 5.92 Å². The van der Waals surface area contributed by atoms with Crippen molar-refractivity contribution in [1.82, 2.24) is 15.6 Å². The Kier molecular flexibility index (Phi) is 3.30. The van der Waals surface area contributed by atoms with Crippen LogP contribution in [0.2, 0.25) is 0 Å². The molecule has 2 N–H and O–H groups in total. The molecule has 0 spiro atoms. The first-order valence-corrected chi connectivity index (χ1v) is 6.58. The second kappa shape index (κ2) is 5.08. The first-order chi connectivity index (χ1) is 8.86. The average Bonchev–Trinajstić information content (AvgIpc) is 3.06. The lowest BCUT2D eigenvalue weighted by Gasteiger charge is -2.20. The van der Waals surface area contributed by atoms with E-state index in [0.717, 1.165) is 30.1 Å². The standard InChI is InChI=1S/C14H19N3O/c1-15-13(6-10-4-5-16-8-10)11-2-3-12-14(7-11)18-9-17-12/h2-3,7,9-10,13,15-16H,4-6,8H2,1H3. The van der Waals surface area contributed by atoms with E-state index in [-0.39, 0.29) is 0 Å². The van der Waals surface area contributed by atoms with E-state index >= 15 is 0 Å². The molecule has 0 aliphatic carbocycles. The lowest BCUT2D eigenvalue weighted by atomic mass is 9.94. The summed E-state index contributed by atoms with van der Waals surface area (Å²) in [5, 5.41) is 6.83. The summed E-state index contributed by atoms with van der Waals surface area (Å²) in [4.78, 5) is 4.15. The van der Waals surface area contributed by atoms with Crippen LogP contribution >= 0.6 is 0 Å². The maximum absolute atomic E-state index is 5.37. The van der Waals surface area contributed by atoms with Gasteiger partial charge in [-0.05, 0) is 56.6 Å². The first-order valence-electron chi connectivity index (χ1n) is 6.58. The van der Waals surface area contributed by atoms with Crippen LogP contribution in [-0.2, 0) is 0 Å². The third kappa shape index (κ3) is 2.26. The highest BCUT2D eigenvalue weighted by Crippen LogP contribution is 2.26. The Morgan fingerprint density at radius 1 is 1.56 bits per heavy atom. The molecular weight excluding hydrogens is 226 g/mol. The average molecular weight is 245 g/mol. The number of nitrogens with zero attached hydrogens (tertiary/aromatic N) is 1. The van der Waals surface area contributed by atoms with E-state index in [4.69, 9.17) is 4.42 Å². The van der Waals surface area contributed by atoms with Gasteiger partial charge in [-0.3, -0.25) is 0 Å². The lowest BCUT2D eigenvalue weighted by Crippen LogP contribution is -2.21. The van der Waals surface area contributed by atoms with Crippen LogP contribution < -0.4 is 10.6 Å². The topological polar surface area (TPSA) is 50.1 Å². The zero-order chi connectivity index (χ0) is 12.4. The highest BCUT2D eigenvalue weighted by molar-refractivity contribution is 5.72. The SMILES string of the molecule is CNC(CC1CCNC1)c1ccc2ncoc2c1. The molecule has 2 heterocycles. The number of benzene rings is 1. The Morgan fingerprint density at radius 3 is 3.28 bits per heavy atom. The van der Waals surface area contributed by atoms with Crippen molar-refractivity contribution in [2.45, 2.75) is 18.9 Å². The summed E-state index contributed by atoms with van der Waals surface area (Å²) in [6.07, 6.45) is 3.95. The summed E-state index contributed by atoms with van der Waals surface area (Å²) in [5.41, 5.74) is 3.09. The van der Waals surface area contributed by atoms with E-state index in [2.05, 4.69) is 27.8 Å². The predicted molar refractivity (Wildman–Crippen MR) is 71.4 cm³/mol. The Labute approximate surface area is 107 Å². The Balaban J connectivity index is 1.80. The van der Waals surface area contributed by atoms with Crippen LogP contribution in [0.5, 0.6) is 0 Å². The Morgan fingerprint density at radius 2 is 2.50 bits per heavy atom. The van der Waals surface area contributed by atoms with Gasteiger partial charge in [0.25, 0.3) is 0 Å². The van der Waals surface area contributed by atoms with Crippen molar-refractivity contribution in [2.24, 2.45) is 5.92 Å². The van der Waals surface area contributed by atoms with E-state index in [0.29, 0.717) is 6.04 Å². The van der Waals surface area contributed by atoms with Gasteiger partial charge < -0.3 is 15.1 Å². The number of hydrogen-bond donors (Lipinski definition) is 2. The summed E-state index contributed by atoms with van der Waals surface area (Å²) in [7, 11) is 2.03. The second-order valence-electron chi connectivity index (χ2n) is 5.02. The van der Waals surface area contributed by atoms with E-state index in [9.17, 15) is 0 Å². The fourth-order valence-electron chi connectivity index (χ4n) is 2.76. The molecule has 18 heavy (non-hydrogen) atoms. The van der Waals surface area contributed by atoms with Gasteiger partial charge in [0.2, 0.25) is 0 Å². The van der Waals surface area contributed by atoms with Gasteiger partial charge in [-0.1, -0.05) is 6.07 Å². The number of aromatic nitrogens is 1. The van der Waals surface area contributed by atoms with Crippen molar-refractivity contribution in [3.8, 4) is 0 Å². The number of oxazole rings is 1. The highest BCUT2D eigenvalue weighted by atomic mass is 16.3. The number of fused-ring (bicyclic) bond motifs is 1. The van der Waals surface area contributed by atoms with Crippen LogP contribution in [0.25, 0.3) is 11.1 Å². The Hall–Kier alpha value is -1.39. The maximum atomic E-state index is 5.37. The minimum atomic E-state index is 0.393. The molecule has 1 aromatic heterocycles. The van der Waals surface area contributed by atoms with Crippen LogP contribution in [0.4, 0.5) is 0 Å². The molecule has 4 nitrogen and oxygen atoms in total. The van der Waals surface area contributed by atoms with E-state index in [1.165, 1.54) is 24.8 Å². The molecule has 0 radical (unpaired) electrons. The molecule has 2 unspecified atom stereocenters. The maximum Gasteiger partial charge on any atom is 0.181 e. The van der Waals surface area contributed by atoms with Gasteiger partial charge >= 0.3 is 0 Å². The zero-order valence-corrected chi connectivity index (χ0v) is 10.6. The van der Waals surface area contributed by atoms with Gasteiger partial charge in [0.05, 0.1) is 0 Å². The molecule has 2 aromatic rings. The lowest BCUT2D eigenvalue weighted by molar-refractivity contribution is 0.430. The molecule has 1 saturated heterocycles. The third-order valence-corrected chi connectivity index (χ3v) is 3.84. The van der Waals surface area contributed by atoms with Crippen molar-refractivity contribution in [1.29, 1.82) is 0 Å². The van der Waals surface area contributed by atoms with Crippen molar-refractivity contribution >= 4 is 11.1 Å². The molecule has 1 aromatic carbocycles. The quantitative estimate of drug-likeness (QED) is 0.866. The van der Waals surface area contributed by atoms with Gasteiger partial charge in [-0.2, -0.15) is 0 Å². The summed E-state index contributed by atoms with van der Waals surface area (Å²) >= 11 is 0. The zero-order valence-electron chi connectivity index (χ0n) is 10.6. The summed E-state index contributed by atoms with van der Waals surface area (Å²) in [6, 6.07) is 6.68. The van der Waals surface area contributed by atoms with Crippen molar-refractivity contribution in [2.75, 3.05) is 20.1 Å². The van der Waals surface area contributed by atoms with Crippen LogP contribution in [0.1, 0.15) is 24.4 Å². The van der Waals surface area contributed by atoms with Gasteiger partial charge in [-0.25, -0.2) is 4.98 Å². The third-order valence-electron chi connectivity index (χ3n) is 3.84. The summed E-state index contributed by atoms with van der Waals surface area (Å²) in [5.74, 6) is 0.771. The van der Waals surface area contributed by atoms with Gasteiger partial charge in [0.15, 0.2) is 12.0 Å². The molecule has 0 amide bonds. The largest absolute Gasteiger partial charge is 0.443 e. The molecule has 1 aliphatic rings. The number of hydrogen-bond acceptors (Lipinski definition) is 4. The number of nitrogens with one attached hydrogen (secondary N) is 2. The normalized spacial score (nSPS) is 21.5. The summed E-state index contributed by atoms with van der Waals surface area (Å²) in [6.45, 7) is 2.30. The minimum Gasteiger partial charge on any atom is -0.443 e. The summed E-state index contributed by atoms with van der Waals surface area (Å²) < 4.78 is 5.37. The predicted octanol–water partition coefficient (Wildman–Crippen LogP) is 2.09. The molecule has 96 valence electrons. The number of rotatable bonds is 4. The molecular formula is C14H19N3O. The van der Waals surface area contributed by atoms with Crippen molar-refractivity contribution < 1.29 is 4.42 Å². The molecule has 4 heteroatoms. The van der Waals surface area contributed by atoms with Gasteiger partial charge in [0.1, 0.15) is 5.52 Å². The monoisotopic (exact) mass is 245 g/mol. The van der Waals surface area contributed by atoms with Crippen molar-refractivity contribution in [3.05, 3.63) is 30.2 Å². The molecule has 1 fully saturated rings. The molecule has 0 saturated carbocycles. The highest BCUT2D eigenvalue weighted by Gasteiger charge is 2.20. The Bertz CT molecular complexity index is 516. The fraction of sp³-hybridized carbons (Fsp3) is 0.500. The fourth-order valence-corrected chi connectivity index (χ4v) is 2.76. The molecule has 2 atom stereocenters. The van der Waals surface area contributed by atoms with Gasteiger partial charge in [-0.15, -0.1) is 0 Å². The van der Waals surface area contributed by atoms with Crippen LogP contribution in [0.15, 0.2) is 29.0 Å². The molecule has 1 aliphatic heterocycles. The van der Waals surface area contributed by atoms with E-state index in [1.807, 2.05) is 13.1 Å². The molecule has 0 bridgehead atoms. The van der Waals surface area contributed by atoms with E-state index in [1.54, 1.807) is 0 Å². The van der Waals surface area contributed by atoms with Crippen molar-refractivity contribution in [3.63, 3.8) is 0 Å². The first kappa shape index (κ1) is 11.7. The molecule has 3 rings (SSSR count). The minimum absolute atomic E-state index is 0.393. The van der Waals surface area contributed by atoms with E-state index < -0.39 is 0 Å². The van der Waals surface area contributed by atoms with Crippen LogP contribution in [-0.4, -0.2) is 25.1 Å². The second-order valence-corrected chi connectivity index (χ2v) is 5.02. The van der Waals surface area contributed by atoms with Gasteiger partial charge in [0, 0.05) is 6.04 Å². The smallest absolute Gasteiger partial charge is 0.181 e. The van der Waals surface area contributed by atoms with Crippen LogP contribution in [0.3, 0.4) is 0 Å².